The van der Waals surface area contributed by atoms with E-state index in [9.17, 15) is 4.79 Å². The van der Waals surface area contributed by atoms with Crippen LogP contribution in [0.25, 0.3) is 0 Å². The Kier molecular flexibility index (Phi) is 2.20. The third-order valence-corrected chi connectivity index (χ3v) is 3.84. The number of amides is 1. The van der Waals surface area contributed by atoms with Crippen molar-refractivity contribution in [2.45, 2.75) is 31.8 Å². The second-order valence-corrected chi connectivity index (χ2v) is 5.10. The van der Waals surface area contributed by atoms with Gasteiger partial charge < -0.3 is 10.0 Å². The molecule has 0 saturated heterocycles. The van der Waals surface area contributed by atoms with Gasteiger partial charge in [-0.15, -0.1) is 0 Å². The van der Waals surface area contributed by atoms with Crippen LogP contribution in [-0.2, 0) is 13.0 Å². The summed E-state index contributed by atoms with van der Waals surface area (Å²) in [7, 11) is 0. The van der Waals surface area contributed by atoms with Crippen molar-refractivity contribution in [3.8, 4) is 0 Å². The Bertz CT molecular complexity index is 453. The maximum atomic E-state index is 10.9. The number of carbonyl (C=O) groups is 1. The van der Waals surface area contributed by atoms with Gasteiger partial charge in [0.2, 0.25) is 0 Å². The minimum Gasteiger partial charge on any atom is -0.465 e. The van der Waals surface area contributed by atoms with E-state index >= 15 is 0 Å². The fraction of sp³-hybridized carbons (Fsp3) is 0.600. The van der Waals surface area contributed by atoms with Crippen LogP contribution in [0.3, 0.4) is 0 Å². The molecule has 0 radical (unpaired) electrons. The Balaban J connectivity index is 1.95. The number of hydrogen-bond acceptors (Lipinski definition) is 2. The van der Waals surface area contributed by atoms with Crippen LogP contribution in [0.15, 0.2) is 4.60 Å². The summed E-state index contributed by atoms with van der Waals surface area (Å²) in [4.78, 5) is 12.3. The molecule has 2 heterocycles. The highest BCUT2D eigenvalue weighted by Crippen LogP contribution is 2.38. The molecule has 1 aliphatic heterocycles. The average molecular weight is 286 g/mol. The van der Waals surface area contributed by atoms with E-state index in [4.69, 9.17) is 5.11 Å². The maximum Gasteiger partial charge on any atom is 0.407 e. The molecular formula is C10H12BrN3O2. The largest absolute Gasteiger partial charge is 0.465 e. The van der Waals surface area contributed by atoms with Crippen molar-refractivity contribution in [2.75, 3.05) is 6.54 Å². The first-order valence-electron chi connectivity index (χ1n) is 5.40. The van der Waals surface area contributed by atoms with E-state index in [0.717, 1.165) is 16.6 Å². The number of hydrogen-bond donors (Lipinski definition) is 1. The first kappa shape index (κ1) is 10.1. The van der Waals surface area contributed by atoms with E-state index in [1.165, 1.54) is 23.4 Å². The van der Waals surface area contributed by atoms with E-state index in [1.54, 1.807) is 0 Å². The van der Waals surface area contributed by atoms with E-state index in [2.05, 4.69) is 25.7 Å². The number of fused-ring (bicyclic) bond motifs is 1. The van der Waals surface area contributed by atoms with Crippen LogP contribution < -0.4 is 0 Å². The molecule has 5 nitrogen and oxygen atoms in total. The lowest BCUT2D eigenvalue weighted by Gasteiger charge is -2.24. The summed E-state index contributed by atoms with van der Waals surface area (Å²) in [6.45, 7) is 1.03. The first-order valence-corrected chi connectivity index (χ1v) is 6.19. The zero-order valence-electron chi connectivity index (χ0n) is 8.69. The molecule has 1 amide bonds. The lowest BCUT2D eigenvalue weighted by Crippen LogP contribution is -2.35. The third kappa shape index (κ3) is 1.52. The smallest absolute Gasteiger partial charge is 0.407 e. The van der Waals surface area contributed by atoms with Crippen LogP contribution in [0.5, 0.6) is 0 Å². The number of halogens is 1. The molecule has 1 N–H and O–H groups in total. The molecular weight excluding hydrogens is 274 g/mol. The van der Waals surface area contributed by atoms with Gasteiger partial charge in [-0.3, -0.25) is 4.68 Å². The fourth-order valence-corrected chi connectivity index (χ4v) is 2.71. The predicted molar refractivity (Wildman–Crippen MR) is 60.3 cm³/mol. The number of rotatable bonds is 1. The van der Waals surface area contributed by atoms with E-state index < -0.39 is 6.09 Å². The molecule has 16 heavy (non-hydrogen) atoms. The topological polar surface area (TPSA) is 58.4 Å². The first-order chi connectivity index (χ1) is 7.66. The molecule has 1 aromatic rings. The highest BCUT2D eigenvalue weighted by molar-refractivity contribution is 9.10. The summed E-state index contributed by atoms with van der Waals surface area (Å²) in [6.07, 6.45) is 2.32. The van der Waals surface area contributed by atoms with Crippen LogP contribution in [0.2, 0.25) is 0 Å². The molecule has 1 aliphatic carbocycles. The van der Waals surface area contributed by atoms with Crippen LogP contribution in [-0.4, -0.2) is 32.4 Å². The van der Waals surface area contributed by atoms with Gasteiger partial charge in [0.05, 0.1) is 12.6 Å². The van der Waals surface area contributed by atoms with Gasteiger partial charge in [0.15, 0.2) is 0 Å². The molecule has 86 valence electrons. The Morgan fingerprint density at radius 1 is 1.50 bits per heavy atom. The SMILES string of the molecule is O=C(O)N1CCc2c(c(Br)nn2C2CC2)C1. The molecule has 1 saturated carbocycles. The fourth-order valence-electron chi connectivity index (χ4n) is 2.19. The van der Waals surface area contributed by atoms with Crippen molar-refractivity contribution < 1.29 is 9.90 Å². The van der Waals surface area contributed by atoms with Gasteiger partial charge in [0.1, 0.15) is 4.60 Å². The van der Waals surface area contributed by atoms with Crippen molar-refractivity contribution in [3.05, 3.63) is 15.9 Å². The number of carboxylic acid groups (broad SMARTS) is 1. The van der Waals surface area contributed by atoms with Crippen LogP contribution >= 0.6 is 15.9 Å². The van der Waals surface area contributed by atoms with Crippen molar-refractivity contribution in [2.24, 2.45) is 0 Å². The summed E-state index contributed by atoms with van der Waals surface area (Å²) in [5.74, 6) is 0. The van der Waals surface area contributed by atoms with Crippen LogP contribution in [0, 0.1) is 0 Å². The second kappa shape index (κ2) is 3.48. The van der Waals surface area contributed by atoms with Gasteiger partial charge in [0, 0.05) is 24.2 Å². The van der Waals surface area contributed by atoms with Gasteiger partial charge in [-0.25, -0.2) is 4.79 Å². The van der Waals surface area contributed by atoms with E-state index in [-0.39, 0.29) is 0 Å². The van der Waals surface area contributed by atoms with Gasteiger partial charge in [0.25, 0.3) is 0 Å². The zero-order valence-corrected chi connectivity index (χ0v) is 10.3. The summed E-state index contributed by atoms with van der Waals surface area (Å²) < 4.78 is 2.89. The molecule has 0 bridgehead atoms. The van der Waals surface area contributed by atoms with Gasteiger partial charge in [-0.05, 0) is 28.8 Å². The molecule has 1 aromatic heterocycles. The minimum absolute atomic E-state index is 0.456. The molecule has 2 aliphatic rings. The maximum absolute atomic E-state index is 10.9. The highest BCUT2D eigenvalue weighted by atomic mass is 79.9. The summed E-state index contributed by atoms with van der Waals surface area (Å²) in [5, 5.41) is 13.4. The standard InChI is InChI=1S/C10H12BrN3O2/c11-9-7-5-13(10(15)16)4-3-8(7)14(12-9)6-1-2-6/h6H,1-5H2,(H,15,16). The lowest BCUT2D eigenvalue weighted by molar-refractivity contribution is 0.139. The zero-order chi connectivity index (χ0) is 11.3. The molecule has 1 fully saturated rings. The van der Waals surface area contributed by atoms with Crippen molar-refractivity contribution >= 4 is 22.0 Å². The van der Waals surface area contributed by atoms with Crippen LogP contribution in [0.4, 0.5) is 4.79 Å². The van der Waals surface area contributed by atoms with Crippen LogP contribution in [0.1, 0.15) is 30.1 Å². The average Bonchev–Trinajstić information content (AvgIpc) is 3.04. The van der Waals surface area contributed by atoms with Crippen molar-refractivity contribution in [3.63, 3.8) is 0 Å². The second-order valence-electron chi connectivity index (χ2n) is 4.35. The third-order valence-electron chi connectivity index (χ3n) is 3.20. The molecule has 0 spiro atoms. The quantitative estimate of drug-likeness (QED) is 0.859. The highest BCUT2D eigenvalue weighted by Gasteiger charge is 2.32. The predicted octanol–water partition coefficient (Wildman–Crippen LogP) is 2.02. The molecule has 0 atom stereocenters. The molecule has 6 heteroatoms. The molecule has 3 rings (SSSR count). The Labute approximate surface area is 101 Å². The van der Waals surface area contributed by atoms with E-state index in [1.807, 2.05) is 0 Å². The number of aromatic nitrogens is 2. The van der Waals surface area contributed by atoms with Gasteiger partial charge in [-0.1, -0.05) is 0 Å². The monoisotopic (exact) mass is 285 g/mol. The summed E-state index contributed by atoms with van der Waals surface area (Å²) in [6, 6.07) is 0.552. The summed E-state index contributed by atoms with van der Waals surface area (Å²) in [5.41, 5.74) is 2.26. The van der Waals surface area contributed by atoms with Gasteiger partial charge >= 0.3 is 6.09 Å². The lowest BCUT2D eigenvalue weighted by atomic mass is 10.1. The Morgan fingerprint density at radius 2 is 2.25 bits per heavy atom. The summed E-state index contributed by atoms with van der Waals surface area (Å²) >= 11 is 3.42. The Hall–Kier alpha value is -1.04. The number of nitrogens with zero attached hydrogens (tertiary/aromatic N) is 3. The normalized spacial score (nSPS) is 19.7. The minimum atomic E-state index is -0.850. The molecule has 0 unspecified atom stereocenters. The van der Waals surface area contributed by atoms with Crippen molar-refractivity contribution in [1.82, 2.24) is 14.7 Å². The van der Waals surface area contributed by atoms with E-state index in [0.29, 0.717) is 19.1 Å². The van der Waals surface area contributed by atoms with Gasteiger partial charge in [-0.2, -0.15) is 5.10 Å². The molecule has 0 aromatic carbocycles. The Morgan fingerprint density at radius 3 is 2.88 bits per heavy atom. The van der Waals surface area contributed by atoms with Crippen molar-refractivity contribution in [1.29, 1.82) is 0 Å².